The van der Waals surface area contributed by atoms with E-state index in [1.165, 1.54) is 0 Å². The highest BCUT2D eigenvalue weighted by Crippen LogP contribution is 2.18. The number of nitrogens with zero attached hydrogens (tertiary/aromatic N) is 3. The van der Waals surface area contributed by atoms with Gasteiger partial charge in [0.05, 0.1) is 0 Å². The molecule has 2 amide bonds. The van der Waals surface area contributed by atoms with Gasteiger partial charge in [-0.25, -0.2) is 0 Å². The lowest BCUT2D eigenvalue weighted by Crippen LogP contribution is -2.55. The van der Waals surface area contributed by atoms with Crippen molar-refractivity contribution in [3.8, 4) is 0 Å². The van der Waals surface area contributed by atoms with Crippen LogP contribution in [0, 0.1) is 0 Å². The molecular formula is C19H34IN5O3. The summed E-state index contributed by atoms with van der Waals surface area (Å²) < 4.78 is 5.52. The van der Waals surface area contributed by atoms with Crippen molar-refractivity contribution in [2.45, 2.75) is 57.6 Å². The molecule has 1 unspecified atom stereocenters. The lowest BCUT2D eigenvalue weighted by molar-refractivity contribution is -0.142. The summed E-state index contributed by atoms with van der Waals surface area (Å²) in [4.78, 5) is 33.0. The van der Waals surface area contributed by atoms with E-state index in [0.29, 0.717) is 38.7 Å². The van der Waals surface area contributed by atoms with Crippen molar-refractivity contribution in [1.29, 1.82) is 0 Å². The molecule has 1 saturated carbocycles. The van der Waals surface area contributed by atoms with Crippen LogP contribution in [0.3, 0.4) is 0 Å². The fourth-order valence-corrected chi connectivity index (χ4v) is 3.49. The number of guanidine groups is 1. The van der Waals surface area contributed by atoms with Crippen LogP contribution in [0.5, 0.6) is 0 Å². The summed E-state index contributed by atoms with van der Waals surface area (Å²) in [6, 6.07) is 0.423. The fourth-order valence-electron chi connectivity index (χ4n) is 3.49. The van der Waals surface area contributed by atoms with Gasteiger partial charge < -0.3 is 25.2 Å². The number of halogens is 1. The number of amides is 2. The van der Waals surface area contributed by atoms with E-state index < -0.39 is 0 Å². The summed E-state index contributed by atoms with van der Waals surface area (Å²) in [6.45, 7) is 7.13. The topological polar surface area (TPSA) is 86.3 Å². The average Bonchev–Trinajstić information content (AvgIpc) is 3.32. The van der Waals surface area contributed by atoms with Gasteiger partial charge >= 0.3 is 0 Å². The van der Waals surface area contributed by atoms with Crippen molar-refractivity contribution in [2.24, 2.45) is 4.99 Å². The predicted octanol–water partition coefficient (Wildman–Crippen LogP) is 0.952. The van der Waals surface area contributed by atoms with Crippen LogP contribution in [0.15, 0.2) is 4.99 Å². The Kier molecular flexibility index (Phi) is 9.76. The van der Waals surface area contributed by atoms with Crippen LogP contribution in [0.4, 0.5) is 0 Å². The number of carbonyl (C=O) groups excluding carboxylic acids is 2. The Balaban J connectivity index is 0.00000280. The molecule has 1 atom stereocenters. The molecule has 28 heavy (non-hydrogen) atoms. The van der Waals surface area contributed by atoms with Crippen LogP contribution < -0.4 is 10.6 Å². The first-order valence-electron chi connectivity index (χ1n) is 10.4. The Bertz CT molecular complexity index is 542. The van der Waals surface area contributed by atoms with Crippen LogP contribution >= 0.6 is 24.0 Å². The first kappa shape index (κ1) is 23.2. The van der Waals surface area contributed by atoms with Gasteiger partial charge in [-0.05, 0) is 39.0 Å². The summed E-state index contributed by atoms with van der Waals surface area (Å²) in [5.74, 6) is 1.15. The number of nitrogens with one attached hydrogen (secondary N) is 2. The van der Waals surface area contributed by atoms with Crippen molar-refractivity contribution in [2.75, 3.05) is 45.9 Å². The van der Waals surface area contributed by atoms with Crippen molar-refractivity contribution in [3.63, 3.8) is 0 Å². The second-order valence-corrected chi connectivity index (χ2v) is 7.49. The zero-order valence-electron chi connectivity index (χ0n) is 16.8. The van der Waals surface area contributed by atoms with Gasteiger partial charge in [0.25, 0.3) is 5.91 Å². The molecule has 2 saturated heterocycles. The molecule has 8 nitrogen and oxygen atoms in total. The van der Waals surface area contributed by atoms with Crippen LogP contribution in [0.2, 0.25) is 0 Å². The van der Waals surface area contributed by atoms with Gasteiger partial charge in [-0.2, -0.15) is 0 Å². The molecular weight excluding hydrogens is 473 g/mol. The molecule has 0 bridgehead atoms. The maximum atomic E-state index is 12.5. The van der Waals surface area contributed by atoms with Crippen LogP contribution in [0.25, 0.3) is 0 Å². The van der Waals surface area contributed by atoms with Crippen LogP contribution in [-0.2, 0) is 14.3 Å². The van der Waals surface area contributed by atoms with E-state index >= 15 is 0 Å². The molecule has 160 valence electrons. The van der Waals surface area contributed by atoms with Gasteiger partial charge in [-0.15, -0.1) is 24.0 Å². The highest BCUT2D eigenvalue weighted by molar-refractivity contribution is 14.0. The van der Waals surface area contributed by atoms with E-state index in [9.17, 15) is 9.59 Å². The quantitative estimate of drug-likeness (QED) is 0.232. The normalized spacial score (nSPS) is 22.6. The second-order valence-electron chi connectivity index (χ2n) is 7.49. The number of piperazine rings is 1. The molecule has 2 heterocycles. The van der Waals surface area contributed by atoms with E-state index in [0.717, 1.165) is 57.7 Å². The third-order valence-electron chi connectivity index (χ3n) is 5.20. The Morgan fingerprint density at radius 2 is 1.82 bits per heavy atom. The Hall–Kier alpha value is -1.10. The van der Waals surface area contributed by atoms with Crippen molar-refractivity contribution < 1.29 is 14.3 Å². The minimum Gasteiger partial charge on any atom is -0.368 e. The molecule has 0 radical (unpaired) electrons. The molecule has 2 aliphatic heterocycles. The van der Waals surface area contributed by atoms with Crippen molar-refractivity contribution >= 4 is 41.8 Å². The number of hydrogen-bond donors (Lipinski definition) is 2. The second kappa shape index (κ2) is 11.8. The molecule has 0 aromatic heterocycles. The van der Waals surface area contributed by atoms with Gasteiger partial charge in [0, 0.05) is 58.3 Å². The number of hydrogen-bond acceptors (Lipinski definition) is 4. The van der Waals surface area contributed by atoms with Gasteiger partial charge in [0.1, 0.15) is 6.10 Å². The number of aliphatic imine (C=N–C) groups is 1. The first-order valence-corrected chi connectivity index (χ1v) is 10.4. The Morgan fingerprint density at radius 1 is 1.11 bits per heavy atom. The molecule has 0 spiro atoms. The SMILES string of the molecule is CCNC(=NCCCC(=O)NC1CC1)N1CCN(C(=O)C2CCCO2)CC1.I. The molecule has 9 heteroatoms. The number of rotatable bonds is 7. The highest BCUT2D eigenvalue weighted by atomic mass is 127. The highest BCUT2D eigenvalue weighted by Gasteiger charge is 2.30. The minimum atomic E-state index is -0.236. The smallest absolute Gasteiger partial charge is 0.251 e. The molecule has 1 aliphatic carbocycles. The lowest BCUT2D eigenvalue weighted by Gasteiger charge is -2.37. The molecule has 0 aromatic rings. The maximum absolute atomic E-state index is 12.5. The first-order chi connectivity index (χ1) is 13.2. The van der Waals surface area contributed by atoms with Gasteiger partial charge in [-0.3, -0.25) is 14.6 Å². The molecule has 3 fully saturated rings. The van der Waals surface area contributed by atoms with E-state index in [1.54, 1.807) is 0 Å². The summed E-state index contributed by atoms with van der Waals surface area (Å²) in [5, 5.41) is 6.34. The zero-order chi connectivity index (χ0) is 19.1. The Labute approximate surface area is 184 Å². The molecule has 0 aromatic carbocycles. The van der Waals surface area contributed by atoms with Gasteiger partial charge in [-0.1, -0.05) is 0 Å². The van der Waals surface area contributed by atoms with E-state index in [-0.39, 0.29) is 41.9 Å². The molecule has 3 rings (SSSR count). The summed E-state index contributed by atoms with van der Waals surface area (Å²) in [6.07, 6.45) is 5.11. The van der Waals surface area contributed by atoms with Gasteiger partial charge in [0.2, 0.25) is 5.91 Å². The summed E-state index contributed by atoms with van der Waals surface area (Å²) >= 11 is 0. The third kappa shape index (κ3) is 7.06. The van der Waals surface area contributed by atoms with E-state index in [2.05, 4.69) is 27.4 Å². The third-order valence-corrected chi connectivity index (χ3v) is 5.20. The predicted molar refractivity (Wildman–Crippen MR) is 119 cm³/mol. The molecule has 3 aliphatic rings. The average molecular weight is 507 g/mol. The largest absolute Gasteiger partial charge is 0.368 e. The van der Waals surface area contributed by atoms with Crippen molar-refractivity contribution in [1.82, 2.24) is 20.4 Å². The number of ether oxygens (including phenoxy) is 1. The lowest BCUT2D eigenvalue weighted by atomic mass is 10.2. The zero-order valence-corrected chi connectivity index (χ0v) is 19.2. The standard InChI is InChI=1S/C19H33N5O3.HI/c1-2-20-19(21-9-3-6-17(25)22-15-7-8-15)24-12-10-23(11-13-24)18(26)16-5-4-14-27-16;/h15-16H,2-14H2,1H3,(H,20,21)(H,22,25);1H. The number of carbonyl (C=O) groups is 2. The fraction of sp³-hybridized carbons (Fsp3) is 0.842. The maximum Gasteiger partial charge on any atom is 0.251 e. The summed E-state index contributed by atoms with van der Waals surface area (Å²) in [7, 11) is 0. The monoisotopic (exact) mass is 507 g/mol. The van der Waals surface area contributed by atoms with Crippen LogP contribution in [0.1, 0.15) is 45.4 Å². The Morgan fingerprint density at radius 3 is 2.43 bits per heavy atom. The van der Waals surface area contributed by atoms with Crippen LogP contribution in [-0.4, -0.2) is 85.6 Å². The van der Waals surface area contributed by atoms with E-state index in [1.807, 2.05) is 4.90 Å². The summed E-state index contributed by atoms with van der Waals surface area (Å²) in [5.41, 5.74) is 0. The van der Waals surface area contributed by atoms with E-state index in [4.69, 9.17) is 4.74 Å². The van der Waals surface area contributed by atoms with Gasteiger partial charge in [0.15, 0.2) is 5.96 Å². The minimum absolute atomic E-state index is 0. The molecule has 2 N–H and O–H groups in total. The van der Waals surface area contributed by atoms with Crippen molar-refractivity contribution in [3.05, 3.63) is 0 Å².